The van der Waals surface area contributed by atoms with E-state index in [9.17, 15) is 13.2 Å². The van der Waals surface area contributed by atoms with Crippen molar-refractivity contribution in [2.24, 2.45) is 0 Å². The summed E-state index contributed by atoms with van der Waals surface area (Å²) in [7, 11) is -3.56. The molecule has 1 aromatic rings. The average Bonchev–Trinajstić information content (AvgIpc) is 3.29. The fraction of sp³-hybridized carbons (Fsp3) is 0.759. The van der Waals surface area contributed by atoms with Crippen molar-refractivity contribution in [2.75, 3.05) is 12.0 Å². The van der Waals surface area contributed by atoms with Crippen LogP contribution in [0, 0.1) is 0 Å². The number of unbranched alkanes of at least 4 members (excludes halogenated alkanes) is 15. The molecule has 206 valence electrons. The molecule has 2 rings (SSSR count). The molecule has 1 aliphatic heterocycles. The molecular formula is C29H50N2O3S2. The zero-order valence-corrected chi connectivity index (χ0v) is 24.4. The van der Waals surface area contributed by atoms with Crippen LogP contribution in [0.2, 0.25) is 0 Å². The number of hydrogen-bond donors (Lipinski definition) is 2. The second kappa shape index (κ2) is 17.5. The van der Waals surface area contributed by atoms with Gasteiger partial charge in [0.25, 0.3) is 5.91 Å². The van der Waals surface area contributed by atoms with E-state index in [1.165, 1.54) is 96.3 Å². The molecule has 2 unspecified atom stereocenters. The molecule has 0 aliphatic carbocycles. The summed E-state index contributed by atoms with van der Waals surface area (Å²) in [5, 5.41) is 3.48. The number of carbonyl (C=O) groups excluding carboxylic acids is 1. The SMILES string of the molecule is CCCCCCCCCCCCCCCCCCC1(c2ccccc2)NC(C(=O)NS(C)(=O)=O)CS1. The van der Waals surface area contributed by atoms with Crippen LogP contribution >= 0.6 is 11.8 Å². The molecule has 1 aliphatic rings. The Morgan fingerprint density at radius 3 is 1.81 bits per heavy atom. The van der Waals surface area contributed by atoms with Crippen LogP contribution in [-0.4, -0.2) is 32.4 Å². The number of benzene rings is 1. The molecule has 1 heterocycles. The number of thioether (sulfide) groups is 1. The molecule has 5 nitrogen and oxygen atoms in total. The highest BCUT2D eigenvalue weighted by atomic mass is 32.2. The predicted octanol–water partition coefficient (Wildman–Crippen LogP) is 7.27. The van der Waals surface area contributed by atoms with Gasteiger partial charge in [0.2, 0.25) is 10.0 Å². The molecular weight excluding hydrogens is 488 g/mol. The summed E-state index contributed by atoms with van der Waals surface area (Å²) in [5.41, 5.74) is 1.16. The Labute approximate surface area is 225 Å². The Bertz CT molecular complexity index is 832. The molecule has 1 saturated heterocycles. The van der Waals surface area contributed by atoms with Gasteiger partial charge in [-0.25, -0.2) is 8.42 Å². The van der Waals surface area contributed by atoms with Crippen molar-refractivity contribution >= 4 is 27.7 Å². The topological polar surface area (TPSA) is 75.3 Å². The lowest BCUT2D eigenvalue weighted by Crippen LogP contribution is -2.49. The fourth-order valence-corrected chi connectivity index (χ4v) is 7.08. The Balaban J connectivity index is 1.60. The quantitative estimate of drug-likeness (QED) is 0.171. The van der Waals surface area contributed by atoms with Crippen LogP contribution in [-0.2, 0) is 19.7 Å². The summed E-state index contributed by atoms with van der Waals surface area (Å²) < 4.78 is 25.1. The van der Waals surface area contributed by atoms with E-state index in [4.69, 9.17) is 0 Å². The third-order valence-electron chi connectivity index (χ3n) is 7.13. The highest BCUT2D eigenvalue weighted by molar-refractivity contribution is 8.00. The minimum Gasteiger partial charge on any atom is -0.287 e. The second-order valence-electron chi connectivity index (χ2n) is 10.5. The molecule has 0 bridgehead atoms. The molecule has 1 amide bonds. The van der Waals surface area contributed by atoms with Crippen molar-refractivity contribution in [3.8, 4) is 0 Å². The highest BCUT2D eigenvalue weighted by Gasteiger charge is 2.43. The summed E-state index contributed by atoms with van der Waals surface area (Å²) in [6, 6.07) is 9.74. The average molecular weight is 539 g/mol. The molecule has 36 heavy (non-hydrogen) atoms. The van der Waals surface area contributed by atoms with Crippen LogP contribution in [0.25, 0.3) is 0 Å². The Kier molecular flexibility index (Phi) is 15.1. The first-order chi connectivity index (χ1) is 17.4. The third-order valence-corrected chi connectivity index (χ3v) is 9.25. The van der Waals surface area contributed by atoms with Gasteiger partial charge in [-0.3, -0.25) is 14.8 Å². The van der Waals surface area contributed by atoms with E-state index >= 15 is 0 Å². The van der Waals surface area contributed by atoms with Crippen LogP contribution in [0.15, 0.2) is 30.3 Å². The Hall–Kier alpha value is -1.05. The number of amides is 1. The van der Waals surface area contributed by atoms with Crippen molar-refractivity contribution in [3.05, 3.63) is 35.9 Å². The van der Waals surface area contributed by atoms with E-state index in [-0.39, 0.29) is 4.87 Å². The molecule has 0 saturated carbocycles. The zero-order chi connectivity index (χ0) is 26.1. The van der Waals surface area contributed by atoms with Crippen LogP contribution in [0.1, 0.15) is 122 Å². The summed E-state index contributed by atoms with van der Waals surface area (Å²) in [6.07, 6.45) is 23.5. The predicted molar refractivity (Wildman–Crippen MR) is 155 cm³/mol. The van der Waals surface area contributed by atoms with Crippen molar-refractivity contribution in [2.45, 2.75) is 127 Å². The van der Waals surface area contributed by atoms with Gasteiger partial charge < -0.3 is 0 Å². The largest absolute Gasteiger partial charge is 0.287 e. The van der Waals surface area contributed by atoms with Crippen LogP contribution in [0.3, 0.4) is 0 Å². The number of rotatable bonds is 20. The number of hydrogen-bond acceptors (Lipinski definition) is 5. The Morgan fingerprint density at radius 2 is 1.33 bits per heavy atom. The van der Waals surface area contributed by atoms with E-state index in [1.54, 1.807) is 11.8 Å². The van der Waals surface area contributed by atoms with Crippen LogP contribution in [0.4, 0.5) is 0 Å². The zero-order valence-electron chi connectivity index (χ0n) is 22.7. The minimum absolute atomic E-state index is 0.337. The fourth-order valence-electron chi connectivity index (χ4n) is 5.07. The lowest BCUT2D eigenvalue weighted by Gasteiger charge is -2.30. The van der Waals surface area contributed by atoms with Gasteiger partial charge in [-0.15, -0.1) is 11.8 Å². The molecule has 2 N–H and O–H groups in total. The van der Waals surface area contributed by atoms with Gasteiger partial charge >= 0.3 is 0 Å². The second-order valence-corrected chi connectivity index (χ2v) is 13.6. The van der Waals surface area contributed by atoms with Crippen molar-refractivity contribution in [1.82, 2.24) is 10.0 Å². The summed E-state index contributed by atoms with van der Waals surface area (Å²) in [4.78, 5) is 12.1. The van der Waals surface area contributed by atoms with E-state index in [2.05, 4.69) is 29.1 Å². The molecule has 7 heteroatoms. The third kappa shape index (κ3) is 12.5. The van der Waals surface area contributed by atoms with Crippen molar-refractivity contribution < 1.29 is 13.2 Å². The van der Waals surface area contributed by atoms with Gasteiger partial charge in [-0.2, -0.15) is 0 Å². The molecule has 0 radical (unpaired) electrons. The first-order valence-electron chi connectivity index (χ1n) is 14.3. The lowest BCUT2D eigenvalue weighted by molar-refractivity contribution is -0.120. The Morgan fingerprint density at radius 1 is 0.861 bits per heavy atom. The normalized spacial score (nSPS) is 20.0. The first-order valence-corrected chi connectivity index (χ1v) is 17.2. The van der Waals surface area contributed by atoms with Gasteiger partial charge in [0.05, 0.1) is 17.2 Å². The maximum atomic E-state index is 12.4. The smallest absolute Gasteiger partial charge is 0.251 e. The van der Waals surface area contributed by atoms with Crippen molar-refractivity contribution in [1.29, 1.82) is 0 Å². The van der Waals surface area contributed by atoms with E-state index in [1.807, 2.05) is 18.2 Å². The van der Waals surface area contributed by atoms with E-state index in [0.717, 1.165) is 24.7 Å². The van der Waals surface area contributed by atoms with Gasteiger partial charge in [0.1, 0.15) is 0 Å². The van der Waals surface area contributed by atoms with E-state index in [0.29, 0.717) is 5.75 Å². The summed E-state index contributed by atoms with van der Waals surface area (Å²) in [6.45, 7) is 2.28. The monoisotopic (exact) mass is 538 g/mol. The number of sulfonamides is 1. The molecule has 0 aromatic heterocycles. The maximum Gasteiger partial charge on any atom is 0.251 e. The van der Waals surface area contributed by atoms with Gasteiger partial charge in [0.15, 0.2) is 0 Å². The van der Waals surface area contributed by atoms with Gasteiger partial charge in [0, 0.05) is 5.75 Å². The minimum atomic E-state index is -3.56. The van der Waals surface area contributed by atoms with Gasteiger partial charge in [-0.1, -0.05) is 140 Å². The number of carbonyl (C=O) groups is 1. The van der Waals surface area contributed by atoms with Crippen molar-refractivity contribution in [3.63, 3.8) is 0 Å². The summed E-state index contributed by atoms with van der Waals surface area (Å²) in [5.74, 6) is 0.101. The molecule has 1 fully saturated rings. The maximum absolute atomic E-state index is 12.4. The van der Waals surface area contributed by atoms with Gasteiger partial charge in [-0.05, 0) is 12.0 Å². The standard InChI is InChI=1S/C29H50N2O3S2/c1-3-4-5-6-7-8-9-10-11-12-13-14-15-16-17-21-24-29(26-22-19-18-20-23-26)30-27(25-35-29)28(32)31-36(2,33)34/h18-20,22-23,27,30H,3-17,21,24-25H2,1-2H3,(H,31,32). The number of nitrogens with one attached hydrogen (secondary N) is 2. The first kappa shape index (κ1) is 31.2. The highest BCUT2D eigenvalue weighted by Crippen LogP contribution is 2.43. The molecule has 2 atom stereocenters. The molecule has 1 aromatic carbocycles. The van der Waals surface area contributed by atoms with E-state index < -0.39 is 22.0 Å². The molecule has 0 spiro atoms. The summed E-state index contributed by atoms with van der Waals surface area (Å²) >= 11 is 1.73. The van der Waals surface area contributed by atoms with Crippen LogP contribution in [0.5, 0.6) is 0 Å². The lowest BCUT2D eigenvalue weighted by atomic mass is 9.97. The van der Waals surface area contributed by atoms with Crippen LogP contribution < -0.4 is 10.0 Å².